The first-order valence-electron chi connectivity index (χ1n) is 4.70. The van der Waals surface area contributed by atoms with Crippen molar-refractivity contribution < 1.29 is 0 Å². The molecule has 1 fully saturated rings. The average molecular weight is 150 g/mol. The second-order valence-corrected chi connectivity index (χ2v) is 3.67. The summed E-state index contributed by atoms with van der Waals surface area (Å²) in [6.07, 6.45) is 8.00. The molecular formula is C11H18. The molecule has 0 amide bonds. The van der Waals surface area contributed by atoms with Gasteiger partial charge in [0.25, 0.3) is 0 Å². The summed E-state index contributed by atoms with van der Waals surface area (Å²) >= 11 is 0. The van der Waals surface area contributed by atoms with Crippen molar-refractivity contribution in [3.05, 3.63) is 17.9 Å². The maximum atomic E-state index is 3.72. The van der Waals surface area contributed by atoms with Crippen LogP contribution in [0.2, 0.25) is 0 Å². The minimum absolute atomic E-state index is 0.915. The molecule has 0 heteroatoms. The van der Waals surface area contributed by atoms with E-state index in [1.807, 2.05) is 0 Å². The second-order valence-electron chi connectivity index (χ2n) is 3.67. The fourth-order valence-electron chi connectivity index (χ4n) is 1.70. The Balaban J connectivity index is 2.44. The first-order valence-corrected chi connectivity index (χ1v) is 4.70. The molecule has 1 atom stereocenters. The standard InChI is InChI=1S/C11H18/c1-3-11-7-5-4-6-10(2)8-9-11/h10H,1,4-9H2,2H3. The van der Waals surface area contributed by atoms with Crippen molar-refractivity contribution in [2.75, 3.05) is 0 Å². The maximum Gasteiger partial charge on any atom is -0.0242 e. The van der Waals surface area contributed by atoms with Crippen molar-refractivity contribution >= 4 is 0 Å². The Morgan fingerprint density at radius 3 is 2.82 bits per heavy atom. The topological polar surface area (TPSA) is 0 Å². The third kappa shape index (κ3) is 2.95. The Morgan fingerprint density at radius 1 is 1.27 bits per heavy atom. The molecule has 0 aromatic rings. The molecule has 0 radical (unpaired) electrons. The largest absolute Gasteiger partial charge is 0.130 e. The highest BCUT2D eigenvalue weighted by Crippen LogP contribution is 2.24. The zero-order valence-corrected chi connectivity index (χ0v) is 7.53. The van der Waals surface area contributed by atoms with E-state index in [1.54, 1.807) is 0 Å². The SMILES string of the molecule is C=C=C1CCCCC(C)CC1. The zero-order valence-electron chi connectivity index (χ0n) is 7.53. The van der Waals surface area contributed by atoms with E-state index >= 15 is 0 Å². The lowest BCUT2D eigenvalue weighted by molar-refractivity contribution is 0.441. The Morgan fingerprint density at radius 2 is 2.09 bits per heavy atom. The molecule has 0 N–H and O–H groups in total. The molecular weight excluding hydrogens is 132 g/mol. The van der Waals surface area contributed by atoms with Gasteiger partial charge in [0.1, 0.15) is 0 Å². The normalized spacial score (nSPS) is 27.0. The molecule has 0 spiro atoms. The summed E-state index contributed by atoms with van der Waals surface area (Å²) in [7, 11) is 0. The Bertz CT molecular complexity index is 161. The molecule has 62 valence electrons. The fraction of sp³-hybridized carbons (Fsp3) is 0.727. The van der Waals surface area contributed by atoms with E-state index in [4.69, 9.17) is 0 Å². The summed E-state index contributed by atoms with van der Waals surface area (Å²) in [5.41, 5.74) is 4.51. The van der Waals surface area contributed by atoms with Crippen LogP contribution in [0.4, 0.5) is 0 Å². The summed E-state index contributed by atoms with van der Waals surface area (Å²) < 4.78 is 0. The van der Waals surface area contributed by atoms with Crippen LogP contribution >= 0.6 is 0 Å². The van der Waals surface area contributed by atoms with Crippen LogP contribution in [-0.2, 0) is 0 Å². The van der Waals surface area contributed by atoms with E-state index in [1.165, 1.54) is 44.1 Å². The van der Waals surface area contributed by atoms with Gasteiger partial charge in [0.05, 0.1) is 0 Å². The van der Waals surface area contributed by atoms with Gasteiger partial charge in [-0.15, -0.1) is 5.73 Å². The highest BCUT2D eigenvalue weighted by Gasteiger charge is 2.07. The Hall–Kier alpha value is -0.480. The summed E-state index contributed by atoms with van der Waals surface area (Å²) in [5, 5.41) is 0. The van der Waals surface area contributed by atoms with E-state index in [9.17, 15) is 0 Å². The van der Waals surface area contributed by atoms with Gasteiger partial charge in [-0.1, -0.05) is 26.3 Å². The molecule has 1 aliphatic rings. The third-order valence-corrected chi connectivity index (χ3v) is 2.61. The molecule has 1 unspecified atom stereocenters. The van der Waals surface area contributed by atoms with Gasteiger partial charge in [0.15, 0.2) is 0 Å². The third-order valence-electron chi connectivity index (χ3n) is 2.61. The smallest absolute Gasteiger partial charge is 0.0242 e. The lowest BCUT2D eigenvalue weighted by atomic mass is 9.90. The quantitative estimate of drug-likeness (QED) is 0.462. The van der Waals surface area contributed by atoms with Gasteiger partial charge < -0.3 is 0 Å². The minimum atomic E-state index is 0.915. The van der Waals surface area contributed by atoms with Crippen LogP contribution in [0.25, 0.3) is 0 Å². The molecule has 0 aromatic carbocycles. The number of allylic oxidation sites excluding steroid dienone is 1. The first kappa shape index (κ1) is 8.62. The maximum absolute atomic E-state index is 3.72. The number of rotatable bonds is 0. The van der Waals surface area contributed by atoms with Gasteiger partial charge in [-0.05, 0) is 37.2 Å². The molecule has 0 heterocycles. The van der Waals surface area contributed by atoms with Crippen LogP contribution < -0.4 is 0 Å². The van der Waals surface area contributed by atoms with Gasteiger partial charge in [-0.3, -0.25) is 0 Å². The van der Waals surface area contributed by atoms with Gasteiger partial charge in [0, 0.05) is 0 Å². The van der Waals surface area contributed by atoms with E-state index in [0.29, 0.717) is 0 Å². The first-order chi connectivity index (χ1) is 5.33. The lowest BCUT2D eigenvalue weighted by Crippen LogP contribution is -1.99. The summed E-state index contributed by atoms with van der Waals surface area (Å²) in [5.74, 6) is 0.915. The van der Waals surface area contributed by atoms with E-state index < -0.39 is 0 Å². The van der Waals surface area contributed by atoms with Crippen LogP contribution in [0, 0.1) is 5.92 Å². The minimum Gasteiger partial charge on any atom is -0.130 e. The lowest BCUT2D eigenvalue weighted by Gasteiger charge is -2.15. The van der Waals surface area contributed by atoms with Crippen LogP contribution in [0.5, 0.6) is 0 Å². The molecule has 0 aliphatic heterocycles. The van der Waals surface area contributed by atoms with Crippen molar-refractivity contribution in [3.63, 3.8) is 0 Å². The highest BCUT2D eigenvalue weighted by atomic mass is 14.1. The molecule has 11 heavy (non-hydrogen) atoms. The van der Waals surface area contributed by atoms with Gasteiger partial charge in [0.2, 0.25) is 0 Å². The molecule has 0 aromatic heterocycles. The number of hydrogen-bond donors (Lipinski definition) is 0. The summed E-state index contributed by atoms with van der Waals surface area (Å²) in [6.45, 7) is 6.07. The molecule has 0 nitrogen and oxygen atoms in total. The van der Waals surface area contributed by atoms with E-state index in [2.05, 4.69) is 19.2 Å². The van der Waals surface area contributed by atoms with E-state index in [0.717, 1.165) is 5.92 Å². The zero-order chi connectivity index (χ0) is 8.10. The highest BCUT2D eigenvalue weighted by molar-refractivity contribution is 4.99. The van der Waals surface area contributed by atoms with Crippen molar-refractivity contribution in [2.24, 2.45) is 5.92 Å². The van der Waals surface area contributed by atoms with E-state index in [-0.39, 0.29) is 0 Å². The van der Waals surface area contributed by atoms with Crippen molar-refractivity contribution in [1.82, 2.24) is 0 Å². The Kier molecular flexibility index (Phi) is 3.45. The molecule has 0 saturated heterocycles. The van der Waals surface area contributed by atoms with Gasteiger partial charge in [-0.25, -0.2) is 0 Å². The monoisotopic (exact) mass is 150 g/mol. The van der Waals surface area contributed by atoms with Crippen molar-refractivity contribution in [1.29, 1.82) is 0 Å². The van der Waals surface area contributed by atoms with Crippen LogP contribution in [0.15, 0.2) is 17.9 Å². The summed E-state index contributed by atoms with van der Waals surface area (Å²) in [6, 6.07) is 0. The predicted octanol–water partition coefficient (Wildman–Crippen LogP) is 3.69. The molecule has 0 bridgehead atoms. The Labute approximate surface area is 70.0 Å². The average Bonchev–Trinajstić information content (AvgIpc) is 1.98. The molecule has 1 aliphatic carbocycles. The van der Waals surface area contributed by atoms with Crippen LogP contribution in [0.1, 0.15) is 45.4 Å². The van der Waals surface area contributed by atoms with Gasteiger partial charge >= 0.3 is 0 Å². The van der Waals surface area contributed by atoms with Crippen molar-refractivity contribution in [2.45, 2.75) is 45.4 Å². The molecule has 1 saturated carbocycles. The van der Waals surface area contributed by atoms with Crippen molar-refractivity contribution in [3.8, 4) is 0 Å². The second kappa shape index (κ2) is 4.41. The van der Waals surface area contributed by atoms with Crippen LogP contribution in [0.3, 0.4) is 0 Å². The van der Waals surface area contributed by atoms with Crippen LogP contribution in [-0.4, -0.2) is 0 Å². The molecule has 1 rings (SSSR count). The predicted molar refractivity (Wildman–Crippen MR) is 49.5 cm³/mol. The fourth-order valence-corrected chi connectivity index (χ4v) is 1.70. The van der Waals surface area contributed by atoms with Gasteiger partial charge in [-0.2, -0.15) is 0 Å². The summed E-state index contributed by atoms with van der Waals surface area (Å²) in [4.78, 5) is 0. The number of hydrogen-bond acceptors (Lipinski definition) is 0.